The van der Waals surface area contributed by atoms with E-state index in [9.17, 15) is 9.18 Å². The molecule has 1 heterocycles. The molecule has 4 nitrogen and oxygen atoms in total. The molecule has 76 valence electrons. The first kappa shape index (κ1) is 10.6. The molecule has 14 heavy (non-hydrogen) atoms. The van der Waals surface area contributed by atoms with Crippen molar-refractivity contribution in [2.24, 2.45) is 0 Å². The molecule has 0 fully saturated rings. The SMILES string of the molecule is CC(C)c1nc(CC(=O)O)ncc1F. The van der Waals surface area contributed by atoms with Crippen LogP contribution in [0.3, 0.4) is 0 Å². The Bertz CT molecular complexity index is 353. The smallest absolute Gasteiger partial charge is 0.311 e. The maximum Gasteiger partial charge on any atom is 0.311 e. The molecular weight excluding hydrogens is 187 g/mol. The van der Waals surface area contributed by atoms with Gasteiger partial charge < -0.3 is 5.11 Å². The number of aliphatic carboxylic acids is 1. The Kier molecular flexibility index (Phi) is 3.11. The fourth-order valence-corrected chi connectivity index (χ4v) is 1.04. The molecule has 1 aromatic heterocycles. The van der Waals surface area contributed by atoms with Crippen LogP contribution in [0, 0.1) is 5.82 Å². The maximum absolute atomic E-state index is 13.1. The summed E-state index contributed by atoms with van der Waals surface area (Å²) in [5.74, 6) is -1.45. The molecule has 0 atom stereocenters. The summed E-state index contributed by atoms with van der Waals surface area (Å²) in [6.07, 6.45) is 0.737. The highest BCUT2D eigenvalue weighted by Gasteiger charge is 2.11. The van der Waals surface area contributed by atoms with Crippen LogP contribution in [-0.2, 0) is 11.2 Å². The van der Waals surface area contributed by atoms with E-state index in [4.69, 9.17) is 5.11 Å². The number of hydrogen-bond donors (Lipinski definition) is 1. The van der Waals surface area contributed by atoms with Crippen LogP contribution in [0.4, 0.5) is 4.39 Å². The monoisotopic (exact) mass is 198 g/mol. The van der Waals surface area contributed by atoms with Gasteiger partial charge in [-0.05, 0) is 5.92 Å². The number of halogens is 1. The van der Waals surface area contributed by atoms with Crippen molar-refractivity contribution < 1.29 is 14.3 Å². The molecule has 1 N–H and O–H groups in total. The second-order valence-corrected chi connectivity index (χ2v) is 3.24. The van der Waals surface area contributed by atoms with E-state index in [1.54, 1.807) is 13.8 Å². The van der Waals surface area contributed by atoms with Crippen LogP contribution in [0.2, 0.25) is 0 Å². The molecule has 0 aromatic carbocycles. The van der Waals surface area contributed by atoms with Crippen molar-refractivity contribution >= 4 is 5.97 Å². The summed E-state index contributed by atoms with van der Waals surface area (Å²) in [6.45, 7) is 3.58. The number of aromatic nitrogens is 2. The lowest BCUT2D eigenvalue weighted by molar-refractivity contribution is -0.136. The van der Waals surface area contributed by atoms with Gasteiger partial charge in [-0.1, -0.05) is 13.8 Å². The van der Waals surface area contributed by atoms with Crippen LogP contribution in [0.1, 0.15) is 31.3 Å². The topological polar surface area (TPSA) is 63.1 Å². The van der Waals surface area contributed by atoms with Crippen molar-refractivity contribution in [2.75, 3.05) is 0 Å². The summed E-state index contributed by atoms with van der Waals surface area (Å²) in [6, 6.07) is 0. The number of carboxylic acids is 1. The minimum Gasteiger partial charge on any atom is -0.481 e. The van der Waals surface area contributed by atoms with Gasteiger partial charge in [0.2, 0.25) is 0 Å². The normalized spacial score (nSPS) is 10.6. The Morgan fingerprint density at radius 1 is 1.64 bits per heavy atom. The first-order valence-electron chi connectivity index (χ1n) is 4.23. The van der Waals surface area contributed by atoms with Gasteiger partial charge in [0.25, 0.3) is 0 Å². The van der Waals surface area contributed by atoms with E-state index in [-0.39, 0.29) is 23.9 Å². The summed E-state index contributed by atoms with van der Waals surface area (Å²) >= 11 is 0. The van der Waals surface area contributed by atoms with E-state index in [1.165, 1.54) is 0 Å². The lowest BCUT2D eigenvalue weighted by Gasteiger charge is -2.06. The van der Waals surface area contributed by atoms with E-state index in [0.29, 0.717) is 0 Å². The van der Waals surface area contributed by atoms with Crippen LogP contribution in [0.25, 0.3) is 0 Å². The molecule has 0 unspecified atom stereocenters. The highest BCUT2D eigenvalue weighted by molar-refractivity contribution is 5.68. The first-order valence-corrected chi connectivity index (χ1v) is 4.23. The average molecular weight is 198 g/mol. The molecule has 0 saturated heterocycles. The van der Waals surface area contributed by atoms with Crippen LogP contribution in [-0.4, -0.2) is 21.0 Å². The van der Waals surface area contributed by atoms with Gasteiger partial charge in [0.15, 0.2) is 5.82 Å². The maximum atomic E-state index is 13.1. The average Bonchev–Trinajstić information content (AvgIpc) is 2.07. The quantitative estimate of drug-likeness (QED) is 0.796. The zero-order chi connectivity index (χ0) is 10.7. The van der Waals surface area contributed by atoms with E-state index >= 15 is 0 Å². The third-order valence-corrected chi connectivity index (χ3v) is 1.68. The number of carboxylic acid groups (broad SMARTS) is 1. The zero-order valence-corrected chi connectivity index (χ0v) is 7.99. The van der Waals surface area contributed by atoms with Gasteiger partial charge in [0.1, 0.15) is 12.2 Å². The van der Waals surface area contributed by atoms with Gasteiger partial charge in [0, 0.05) is 0 Å². The van der Waals surface area contributed by atoms with Gasteiger partial charge >= 0.3 is 5.97 Å². The van der Waals surface area contributed by atoms with Crippen molar-refractivity contribution in [2.45, 2.75) is 26.2 Å². The summed E-state index contributed by atoms with van der Waals surface area (Å²) in [4.78, 5) is 17.8. The predicted molar refractivity (Wildman–Crippen MR) is 47.4 cm³/mol. The Balaban J connectivity index is 3.00. The molecule has 5 heteroatoms. The summed E-state index contributed by atoms with van der Waals surface area (Å²) < 4.78 is 13.1. The molecule has 1 aromatic rings. The zero-order valence-electron chi connectivity index (χ0n) is 7.99. The van der Waals surface area contributed by atoms with Crippen LogP contribution >= 0.6 is 0 Å². The lowest BCUT2D eigenvalue weighted by atomic mass is 10.1. The van der Waals surface area contributed by atoms with Gasteiger partial charge in [0.05, 0.1) is 11.9 Å². The minimum atomic E-state index is -1.02. The standard InChI is InChI=1S/C9H11FN2O2/c1-5(2)9-6(10)4-11-7(12-9)3-8(13)14/h4-5H,3H2,1-2H3,(H,13,14). The lowest BCUT2D eigenvalue weighted by Crippen LogP contribution is -2.09. The minimum absolute atomic E-state index is 0.0782. The molecule has 1 rings (SSSR count). The van der Waals surface area contributed by atoms with Crippen molar-refractivity contribution in [1.29, 1.82) is 0 Å². The molecule has 0 bridgehead atoms. The largest absolute Gasteiger partial charge is 0.481 e. The Labute approximate surface area is 80.8 Å². The number of hydrogen-bond acceptors (Lipinski definition) is 3. The Morgan fingerprint density at radius 2 is 2.29 bits per heavy atom. The molecule has 0 radical (unpaired) electrons. The molecule has 0 aliphatic heterocycles. The van der Waals surface area contributed by atoms with E-state index in [2.05, 4.69) is 9.97 Å². The summed E-state index contributed by atoms with van der Waals surface area (Å²) in [5.41, 5.74) is 0.260. The van der Waals surface area contributed by atoms with E-state index in [0.717, 1.165) is 6.20 Å². The fourth-order valence-electron chi connectivity index (χ4n) is 1.04. The molecule has 0 aliphatic carbocycles. The Morgan fingerprint density at radius 3 is 2.79 bits per heavy atom. The van der Waals surface area contributed by atoms with Crippen molar-refractivity contribution in [3.63, 3.8) is 0 Å². The van der Waals surface area contributed by atoms with Crippen molar-refractivity contribution in [3.05, 3.63) is 23.5 Å². The van der Waals surface area contributed by atoms with E-state index in [1.807, 2.05) is 0 Å². The van der Waals surface area contributed by atoms with Gasteiger partial charge in [-0.2, -0.15) is 0 Å². The summed E-state index contributed by atoms with van der Waals surface area (Å²) in [7, 11) is 0. The third kappa shape index (κ3) is 2.48. The highest BCUT2D eigenvalue weighted by atomic mass is 19.1. The molecule has 0 amide bonds. The van der Waals surface area contributed by atoms with Gasteiger partial charge in [-0.25, -0.2) is 14.4 Å². The number of rotatable bonds is 3. The van der Waals surface area contributed by atoms with Crippen molar-refractivity contribution in [1.82, 2.24) is 9.97 Å². The highest BCUT2D eigenvalue weighted by Crippen LogP contribution is 2.14. The Hall–Kier alpha value is -1.52. The fraction of sp³-hybridized carbons (Fsp3) is 0.444. The van der Waals surface area contributed by atoms with Crippen molar-refractivity contribution in [3.8, 4) is 0 Å². The molecule has 0 saturated carbocycles. The molecule has 0 spiro atoms. The molecular formula is C9H11FN2O2. The summed E-state index contributed by atoms with van der Waals surface area (Å²) in [5, 5.41) is 8.49. The van der Waals surface area contributed by atoms with Crippen LogP contribution in [0.15, 0.2) is 6.20 Å². The predicted octanol–water partition coefficient (Wildman–Crippen LogP) is 1.37. The first-order chi connectivity index (χ1) is 6.50. The van der Waals surface area contributed by atoms with E-state index < -0.39 is 11.8 Å². The van der Waals surface area contributed by atoms with Crippen LogP contribution in [0.5, 0.6) is 0 Å². The second-order valence-electron chi connectivity index (χ2n) is 3.24. The number of carbonyl (C=O) groups is 1. The van der Waals surface area contributed by atoms with Gasteiger partial charge in [-0.15, -0.1) is 0 Å². The molecule has 0 aliphatic rings. The second kappa shape index (κ2) is 4.13. The number of nitrogens with zero attached hydrogens (tertiary/aromatic N) is 2. The van der Waals surface area contributed by atoms with Crippen LogP contribution < -0.4 is 0 Å². The third-order valence-electron chi connectivity index (χ3n) is 1.68. The van der Waals surface area contributed by atoms with Gasteiger partial charge in [-0.3, -0.25) is 4.79 Å².